The van der Waals surface area contributed by atoms with Gasteiger partial charge in [0.2, 0.25) is 5.91 Å². The van der Waals surface area contributed by atoms with E-state index in [1.807, 2.05) is 0 Å². The monoisotopic (exact) mass is 287 g/mol. The third-order valence-corrected chi connectivity index (χ3v) is 5.11. The minimum atomic E-state index is 0.317. The van der Waals surface area contributed by atoms with Gasteiger partial charge in [-0.25, -0.2) is 0 Å². The first kappa shape index (κ1) is 12.4. The van der Waals surface area contributed by atoms with Gasteiger partial charge in [0.15, 0.2) is 0 Å². The Kier molecular flexibility index (Phi) is 4.68. The highest BCUT2D eigenvalue weighted by atomic mass is 79.9. The Hall–Kier alpha value is -0.0500. The molecule has 0 aromatic heterocycles. The molecule has 0 bridgehead atoms. The second-order valence-corrected chi connectivity index (χ2v) is 5.98. The summed E-state index contributed by atoms with van der Waals surface area (Å²) in [5.74, 6) is 2.13. The topological polar surface area (TPSA) is 29.1 Å². The lowest BCUT2D eigenvalue weighted by atomic mass is 9.97. The smallest absolute Gasteiger partial charge is 0.223 e. The predicted molar refractivity (Wildman–Crippen MR) is 69.6 cm³/mol. The maximum absolute atomic E-state index is 11.9. The molecular weight excluding hydrogens is 266 g/mol. The van der Waals surface area contributed by atoms with Crippen molar-refractivity contribution >= 4 is 21.8 Å². The molecule has 92 valence electrons. The summed E-state index contributed by atoms with van der Waals surface area (Å²) in [5, 5.41) is 4.27. The lowest BCUT2D eigenvalue weighted by molar-refractivity contribution is -0.125. The highest BCUT2D eigenvalue weighted by Gasteiger charge is 2.28. The molecule has 0 radical (unpaired) electrons. The molecule has 0 saturated heterocycles. The second-order valence-electron chi connectivity index (χ2n) is 5.33. The van der Waals surface area contributed by atoms with Crippen molar-refractivity contribution in [1.29, 1.82) is 0 Å². The average Bonchev–Trinajstić information content (AvgIpc) is 2.96. The van der Waals surface area contributed by atoms with Crippen LogP contribution in [0, 0.1) is 17.8 Å². The third kappa shape index (κ3) is 2.99. The molecule has 2 nitrogen and oxygen atoms in total. The van der Waals surface area contributed by atoms with E-state index >= 15 is 0 Å². The van der Waals surface area contributed by atoms with E-state index in [2.05, 4.69) is 21.2 Å². The minimum absolute atomic E-state index is 0.317. The summed E-state index contributed by atoms with van der Waals surface area (Å²) in [6.45, 7) is 0.908. The summed E-state index contributed by atoms with van der Waals surface area (Å²) in [6, 6.07) is 0. The zero-order valence-corrected chi connectivity index (χ0v) is 11.5. The lowest BCUT2D eigenvalue weighted by Gasteiger charge is -2.19. The summed E-state index contributed by atoms with van der Waals surface area (Å²) in [7, 11) is 0. The van der Waals surface area contributed by atoms with Crippen molar-refractivity contribution in [1.82, 2.24) is 5.32 Å². The number of hydrogen-bond acceptors (Lipinski definition) is 1. The highest BCUT2D eigenvalue weighted by molar-refractivity contribution is 9.09. The summed E-state index contributed by atoms with van der Waals surface area (Å²) >= 11 is 3.58. The van der Waals surface area contributed by atoms with E-state index in [4.69, 9.17) is 0 Å². The van der Waals surface area contributed by atoms with E-state index in [1.165, 1.54) is 32.1 Å². The molecule has 2 saturated carbocycles. The molecule has 0 heterocycles. The van der Waals surface area contributed by atoms with Gasteiger partial charge in [0.05, 0.1) is 0 Å². The van der Waals surface area contributed by atoms with E-state index in [1.54, 1.807) is 0 Å². The molecule has 2 unspecified atom stereocenters. The molecule has 2 fully saturated rings. The van der Waals surface area contributed by atoms with Crippen molar-refractivity contribution in [2.45, 2.75) is 44.9 Å². The zero-order chi connectivity index (χ0) is 11.4. The lowest BCUT2D eigenvalue weighted by Crippen LogP contribution is -2.34. The predicted octanol–water partition coefficient (Wildman–Crippen LogP) is 3.10. The van der Waals surface area contributed by atoms with E-state index in [0.29, 0.717) is 17.7 Å². The van der Waals surface area contributed by atoms with E-state index in [0.717, 1.165) is 30.6 Å². The largest absolute Gasteiger partial charge is 0.356 e. The Morgan fingerprint density at radius 2 is 1.75 bits per heavy atom. The fraction of sp³-hybridized carbons (Fsp3) is 0.923. The van der Waals surface area contributed by atoms with Gasteiger partial charge in [-0.15, -0.1) is 0 Å². The standard InChI is InChI=1S/C13H22BrNO/c14-8-11-6-3-7-12(11)9-15-13(16)10-4-1-2-5-10/h10-12H,1-9H2,(H,15,16). The summed E-state index contributed by atoms with van der Waals surface area (Å²) < 4.78 is 0. The molecule has 1 amide bonds. The molecule has 0 aromatic rings. The second kappa shape index (κ2) is 6.04. The first-order valence-electron chi connectivity index (χ1n) is 6.65. The Bertz CT molecular complexity index is 238. The van der Waals surface area contributed by atoms with Crippen molar-refractivity contribution in [2.24, 2.45) is 17.8 Å². The minimum Gasteiger partial charge on any atom is -0.356 e. The number of hydrogen-bond donors (Lipinski definition) is 1. The van der Waals surface area contributed by atoms with Crippen molar-refractivity contribution in [3.8, 4) is 0 Å². The van der Waals surface area contributed by atoms with Crippen LogP contribution in [-0.4, -0.2) is 17.8 Å². The van der Waals surface area contributed by atoms with Crippen molar-refractivity contribution in [2.75, 3.05) is 11.9 Å². The average molecular weight is 288 g/mol. The van der Waals surface area contributed by atoms with Gasteiger partial charge in [-0.2, -0.15) is 0 Å². The normalized spacial score (nSPS) is 30.8. The van der Waals surface area contributed by atoms with Crippen LogP contribution in [0.1, 0.15) is 44.9 Å². The maximum Gasteiger partial charge on any atom is 0.223 e. The molecule has 0 spiro atoms. The summed E-state index contributed by atoms with van der Waals surface area (Å²) in [4.78, 5) is 11.9. The quantitative estimate of drug-likeness (QED) is 0.791. The van der Waals surface area contributed by atoms with Gasteiger partial charge in [-0.3, -0.25) is 4.79 Å². The van der Waals surface area contributed by atoms with Gasteiger partial charge < -0.3 is 5.32 Å². The first-order valence-corrected chi connectivity index (χ1v) is 7.77. The molecule has 0 aromatic carbocycles. The van der Waals surface area contributed by atoms with Crippen molar-refractivity contribution in [3.05, 3.63) is 0 Å². The summed E-state index contributed by atoms with van der Waals surface area (Å²) in [5.41, 5.74) is 0. The summed E-state index contributed by atoms with van der Waals surface area (Å²) in [6.07, 6.45) is 8.66. The Morgan fingerprint density at radius 3 is 2.44 bits per heavy atom. The van der Waals surface area contributed by atoms with Crippen LogP contribution >= 0.6 is 15.9 Å². The number of rotatable bonds is 4. The van der Waals surface area contributed by atoms with Gasteiger partial charge in [0.25, 0.3) is 0 Å². The van der Waals surface area contributed by atoms with Crippen LogP contribution in [0.15, 0.2) is 0 Å². The van der Waals surface area contributed by atoms with Crippen LogP contribution in [0.3, 0.4) is 0 Å². The number of amides is 1. The van der Waals surface area contributed by atoms with E-state index in [9.17, 15) is 4.79 Å². The molecule has 2 atom stereocenters. The molecule has 2 aliphatic rings. The SMILES string of the molecule is O=C(NCC1CCCC1CBr)C1CCCC1. The molecule has 2 aliphatic carbocycles. The van der Waals surface area contributed by atoms with Crippen molar-refractivity contribution in [3.63, 3.8) is 0 Å². The van der Waals surface area contributed by atoms with Gasteiger partial charge in [0.1, 0.15) is 0 Å². The van der Waals surface area contributed by atoms with Gasteiger partial charge in [-0.05, 0) is 37.5 Å². The Labute approximate surface area is 107 Å². The number of alkyl halides is 1. The fourth-order valence-electron chi connectivity index (χ4n) is 3.15. The molecular formula is C13H22BrNO. The van der Waals surface area contributed by atoms with Crippen LogP contribution in [0.2, 0.25) is 0 Å². The van der Waals surface area contributed by atoms with Crippen LogP contribution < -0.4 is 5.32 Å². The maximum atomic E-state index is 11.9. The highest BCUT2D eigenvalue weighted by Crippen LogP contribution is 2.32. The first-order chi connectivity index (χ1) is 7.81. The number of carbonyl (C=O) groups excluding carboxylic acids is 1. The van der Waals surface area contributed by atoms with Gasteiger partial charge in [-0.1, -0.05) is 35.2 Å². The van der Waals surface area contributed by atoms with Crippen LogP contribution in [0.5, 0.6) is 0 Å². The number of halogens is 1. The molecule has 1 N–H and O–H groups in total. The Morgan fingerprint density at radius 1 is 1.06 bits per heavy atom. The number of carbonyl (C=O) groups is 1. The van der Waals surface area contributed by atoms with Gasteiger partial charge in [0, 0.05) is 17.8 Å². The fourth-order valence-corrected chi connectivity index (χ4v) is 4.00. The van der Waals surface area contributed by atoms with Crippen molar-refractivity contribution < 1.29 is 4.79 Å². The molecule has 2 rings (SSSR count). The Balaban J connectivity index is 1.71. The third-order valence-electron chi connectivity index (χ3n) is 4.28. The number of nitrogens with one attached hydrogen (secondary N) is 1. The van der Waals surface area contributed by atoms with Crippen LogP contribution in [-0.2, 0) is 4.79 Å². The van der Waals surface area contributed by atoms with Gasteiger partial charge >= 0.3 is 0 Å². The molecule has 3 heteroatoms. The van der Waals surface area contributed by atoms with Crippen LogP contribution in [0.25, 0.3) is 0 Å². The van der Waals surface area contributed by atoms with Crippen LogP contribution in [0.4, 0.5) is 0 Å². The van der Waals surface area contributed by atoms with E-state index < -0.39 is 0 Å². The molecule has 16 heavy (non-hydrogen) atoms. The molecule has 0 aliphatic heterocycles. The van der Waals surface area contributed by atoms with E-state index in [-0.39, 0.29) is 0 Å². The zero-order valence-electron chi connectivity index (χ0n) is 9.88.